The van der Waals surface area contributed by atoms with Gasteiger partial charge in [0.25, 0.3) is 5.91 Å². The maximum atomic E-state index is 12.6. The van der Waals surface area contributed by atoms with Gasteiger partial charge in [0.2, 0.25) is 0 Å². The number of hydrogen-bond donors (Lipinski definition) is 1. The Bertz CT molecular complexity index is 915. The maximum absolute atomic E-state index is 12.6. The molecule has 8 nitrogen and oxygen atoms in total. The normalized spacial score (nSPS) is 19.5. The van der Waals surface area contributed by atoms with Crippen LogP contribution in [-0.4, -0.2) is 41.3 Å². The van der Waals surface area contributed by atoms with E-state index in [4.69, 9.17) is 0 Å². The molecule has 4 rings (SSSR count). The summed E-state index contributed by atoms with van der Waals surface area (Å²) >= 11 is 1.19. The molecule has 0 radical (unpaired) electrons. The van der Waals surface area contributed by atoms with Gasteiger partial charge in [0.05, 0.1) is 23.6 Å². The Morgan fingerprint density at radius 3 is 2.93 bits per heavy atom. The Kier molecular flexibility index (Phi) is 5.70. The van der Waals surface area contributed by atoms with E-state index >= 15 is 0 Å². The van der Waals surface area contributed by atoms with Gasteiger partial charge in [0, 0.05) is 24.0 Å². The highest BCUT2D eigenvalue weighted by Gasteiger charge is 2.26. The Morgan fingerprint density at radius 2 is 2.18 bits per heavy atom. The van der Waals surface area contributed by atoms with Gasteiger partial charge in [-0.15, -0.1) is 5.10 Å². The summed E-state index contributed by atoms with van der Waals surface area (Å²) in [4.78, 5) is 21.5. The van der Waals surface area contributed by atoms with Crippen LogP contribution in [0.15, 0.2) is 31.0 Å². The molecule has 9 heteroatoms. The monoisotopic (exact) mass is 397 g/mol. The second-order valence-electron chi connectivity index (χ2n) is 7.08. The molecule has 0 spiro atoms. The van der Waals surface area contributed by atoms with E-state index in [0.29, 0.717) is 10.9 Å². The van der Waals surface area contributed by atoms with E-state index < -0.39 is 0 Å². The summed E-state index contributed by atoms with van der Waals surface area (Å²) in [5, 5.41) is 11.8. The molecule has 0 aromatic carbocycles. The van der Waals surface area contributed by atoms with Crippen LogP contribution in [0.4, 0.5) is 0 Å². The maximum Gasteiger partial charge on any atom is 0.265 e. The smallest absolute Gasteiger partial charge is 0.265 e. The van der Waals surface area contributed by atoms with Gasteiger partial charge in [0.15, 0.2) is 0 Å². The van der Waals surface area contributed by atoms with Crippen LogP contribution in [-0.2, 0) is 6.42 Å². The molecule has 0 bridgehead atoms. The zero-order chi connectivity index (χ0) is 19.3. The minimum atomic E-state index is -0.0352. The minimum absolute atomic E-state index is 0.0352. The molecule has 1 amide bonds. The predicted molar refractivity (Wildman–Crippen MR) is 106 cm³/mol. The van der Waals surface area contributed by atoms with Crippen molar-refractivity contribution in [3.8, 4) is 11.3 Å². The van der Waals surface area contributed by atoms with Gasteiger partial charge in [-0.3, -0.25) is 9.48 Å². The molecule has 146 valence electrons. The van der Waals surface area contributed by atoms with E-state index in [2.05, 4.69) is 36.9 Å². The molecule has 1 N–H and O–H groups in total. The van der Waals surface area contributed by atoms with Crippen LogP contribution in [0.2, 0.25) is 0 Å². The molecule has 0 saturated heterocycles. The van der Waals surface area contributed by atoms with E-state index in [9.17, 15) is 4.79 Å². The molecular formula is C19H23N7OS. The molecule has 28 heavy (non-hydrogen) atoms. The van der Waals surface area contributed by atoms with Crippen molar-refractivity contribution in [3.63, 3.8) is 0 Å². The number of nitrogens with one attached hydrogen (secondary N) is 1. The quantitative estimate of drug-likeness (QED) is 0.686. The van der Waals surface area contributed by atoms with Crippen LogP contribution in [0.25, 0.3) is 11.3 Å². The van der Waals surface area contributed by atoms with Crippen molar-refractivity contribution < 1.29 is 4.79 Å². The van der Waals surface area contributed by atoms with Crippen molar-refractivity contribution in [2.45, 2.75) is 57.5 Å². The number of carbonyl (C=O) groups is 1. The number of hydrogen-bond acceptors (Lipinski definition) is 7. The number of aromatic nitrogens is 6. The molecule has 1 aliphatic carbocycles. The largest absolute Gasteiger partial charge is 0.348 e. The highest BCUT2D eigenvalue weighted by atomic mass is 32.1. The molecule has 3 heterocycles. The summed E-state index contributed by atoms with van der Waals surface area (Å²) in [5.74, 6) is -0.0352. The van der Waals surface area contributed by atoms with E-state index in [0.717, 1.165) is 55.5 Å². The summed E-state index contributed by atoms with van der Waals surface area (Å²) in [6.07, 6.45) is 12.8. The van der Waals surface area contributed by atoms with Gasteiger partial charge < -0.3 is 5.32 Å². The molecule has 3 aromatic heterocycles. The topological polar surface area (TPSA) is 98.5 Å². The fourth-order valence-electron chi connectivity index (χ4n) is 3.65. The van der Waals surface area contributed by atoms with Crippen LogP contribution in [0.3, 0.4) is 0 Å². The third-order valence-corrected chi connectivity index (χ3v) is 5.90. The number of rotatable bonds is 6. The van der Waals surface area contributed by atoms with E-state index in [1.807, 2.05) is 23.1 Å². The SMILES string of the molecule is CCCc1nnsc1C(=O)NC1CCC(n2cc(-c3ccncn3)cn2)CC1. The lowest BCUT2D eigenvalue weighted by atomic mass is 9.91. The van der Waals surface area contributed by atoms with Crippen LogP contribution >= 0.6 is 11.5 Å². The molecule has 1 fully saturated rings. The fraction of sp³-hybridized carbons (Fsp3) is 0.474. The highest BCUT2D eigenvalue weighted by molar-refractivity contribution is 7.08. The van der Waals surface area contributed by atoms with Crippen molar-refractivity contribution in [1.82, 2.24) is 34.7 Å². The Morgan fingerprint density at radius 1 is 1.32 bits per heavy atom. The molecule has 0 aliphatic heterocycles. The Labute approximate surface area is 167 Å². The third kappa shape index (κ3) is 4.09. The second kappa shape index (κ2) is 8.55. The standard InChI is InChI=1S/C19H23N7OS/c1-2-3-17-18(28-25-24-17)19(27)23-14-4-6-15(7-5-14)26-11-13(10-22-26)16-8-9-20-12-21-16/h8-12,14-15H,2-7H2,1H3,(H,23,27). The van der Waals surface area contributed by atoms with E-state index in [1.165, 1.54) is 11.5 Å². The molecule has 0 atom stereocenters. The molecule has 1 saturated carbocycles. The lowest BCUT2D eigenvalue weighted by Crippen LogP contribution is -2.38. The van der Waals surface area contributed by atoms with Crippen LogP contribution < -0.4 is 5.32 Å². The first-order valence-corrected chi connectivity index (χ1v) is 10.4. The first kappa shape index (κ1) is 18.7. The average molecular weight is 398 g/mol. The number of amides is 1. The highest BCUT2D eigenvalue weighted by Crippen LogP contribution is 2.29. The van der Waals surface area contributed by atoms with Crippen LogP contribution in [0.1, 0.15) is 60.4 Å². The summed E-state index contributed by atoms with van der Waals surface area (Å²) in [6, 6.07) is 2.43. The van der Waals surface area contributed by atoms with Gasteiger partial charge in [0.1, 0.15) is 11.2 Å². The Balaban J connectivity index is 1.33. The third-order valence-electron chi connectivity index (χ3n) is 5.13. The van der Waals surface area contributed by atoms with Crippen molar-refractivity contribution in [2.24, 2.45) is 0 Å². The molecule has 1 aliphatic rings. The van der Waals surface area contributed by atoms with Gasteiger partial charge in [-0.1, -0.05) is 17.8 Å². The van der Waals surface area contributed by atoms with Crippen LogP contribution in [0, 0.1) is 0 Å². The van der Waals surface area contributed by atoms with Crippen molar-refractivity contribution in [3.05, 3.63) is 41.6 Å². The first-order valence-electron chi connectivity index (χ1n) is 9.67. The fourth-order valence-corrected chi connectivity index (χ4v) is 4.26. The summed E-state index contributed by atoms with van der Waals surface area (Å²) in [5.41, 5.74) is 2.69. The zero-order valence-corrected chi connectivity index (χ0v) is 16.6. The van der Waals surface area contributed by atoms with Gasteiger partial charge in [-0.25, -0.2) is 9.97 Å². The summed E-state index contributed by atoms with van der Waals surface area (Å²) in [7, 11) is 0. The lowest BCUT2D eigenvalue weighted by molar-refractivity contribution is 0.0924. The zero-order valence-electron chi connectivity index (χ0n) is 15.8. The van der Waals surface area contributed by atoms with Crippen molar-refractivity contribution >= 4 is 17.4 Å². The number of nitrogens with zero attached hydrogens (tertiary/aromatic N) is 6. The van der Waals surface area contributed by atoms with Crippen molar-refractivity contribution in [1.29, 1.82) is 0 Å². The summed E-state index contributed by atoms with van der Waals surface area (Å²) in [6.45, 7) is 2.08. The second-order valence-corrected chi connectivity index (χ2v) is 7.84. The average Bonchev–Trinajstić information content (AvgIpc) is 3.39. The molecule has 0 unspecified atom stereocenters. The minimum Gasteiger partial charge on any atom is -0.348 e. The lowest BCUT2D eigenvalue weighted by Gasteiger charge is -2.29. The number of carbonyl (C=O) groups excluding carboxylic acids is 1. The Hall–Kier alpha value is -2.68. The van der Waals surface area contributed by atoms with E-state index in [-0.39, 0.29) is 11.9 Å². The summed E-state index contributed by atoms with van der Waals surface area (Å²) < 4.78 is 5.97. The van der Waals surface area contributed by atoms with Crippen LogP contribution in [0.5, 0.6) is 0 Å². The van der Waals surface area contributed by atoms with Gasteiger partial charge in [-0.05, 0) is 49.7 Å². The van der Waals surface area contributed by atoms with Gasteiger partial charge in [-0.2, -0.15) is 5.10 Å². The first-order chi connectivity index (χ1) is 13.7. The predicted octanol–water partition coefficient (Wildman–Crippen LogP) is 3.06. The van der Waals surface area contributed by atoms with E-state index in [1.54, 1.807) is 12.5 Å². The van der Waals surface area contributed by atoms with Crippen molar-refractivity contribution in [2.75, 3.05) is 0 Å². The number of aryl methyl sites for hydroxylation is 1. The molecular weight excluding hydrogens is 374 g/mol. The molecule has 3 aromatic rings. The van der Waals surface area contributed by atoms with Gasteiger partial charge >= 0.3 is 0 Å².